The Balaban J connectivity index is 1.62. The Hall–Kier alpha value is -2.53. The fourth-order valence-corrected chi connectivity index (χ4v) is 3.68. The predicted molar refractivity (Wildman–Crippen MR) is 114 cm³/mol. The van der Waals surface area contributed by atoms with Gasteiger partial charge in [0.1, 0.15) is 0 Å². The molecule has 0 atom stereocenters. The summed E-state index contributed by atoms with van der Waals surface area (Å²) in [4.78, 5) is 26.9. The Morgan fingerprint density at radius 1 is 1.07 bits per heavy atom. The molecule has 1 aliphatic rings. The Labute approximate surface area is 171 Å². The summed E-state index contributed by atoms with van der Waals surface area (Å²) < 4.78 is 0. The van der Waals surface area contributed by atoms with E-state index in [9.17, 15) is 9.59 Å². The summed E-state index contributed by atoms with van der Waals surface area (Å²) in [6.07, 6.45) is 5.52. The van der Waals surface area contributed by atoms with Gasteiger partial charge in [0.2, 0.25) is 5.91 Å². The van der Waals surface area contributed by atoms with Gasteiger partial charge >= 0.3 is 0 Å². The van der Waals surface area contributed by atoms with E-state index >= 15 is 0 Å². The molecule has 6 heteroatoms. The monoisotopic (exact) mass is 399 g/mol. The minimum Gasteiger partial charge on any atom is -0.365 e. The zero-order valence-electron chi connectivity index (χ0n) is 16.1. The number of nitrogens with zero attached hydrogens (tertiary/aromatic N) is 1. The first-order valence-electron chi connectivity index (χ1n) is 9.69. The van der Waals surface area contributed by atoms with Crippen LogP contribution in [0.5, 0.6) is 0 Å². The van der Waals surface area contributed by atoms with E-state index in [0.29, 0.717) is 16.3 Å². The Morgan fingerprint density at radius 3 is 2.50 bits per heavy atom. The number of hydrogen-bond donors (Lipinski definition) is 2. The third-order valence-corrected chi connectivity index (χ3v) is 5.34. The van der Waals surface area contributed by atoms with Crippen LogP contribution in [0.4, 0.5) is 11.4 Å². The molecular weight excluding hydrogens is 374 g/mol. The number of carbonyl (C=O) groups is 2. The minimum atomic E-state index is -0.186. The molecule has 2 aromatic rings. The van der Waals surface area contributed by atoms with Crippen LogP contribution in [-0.2, 0) is 4.79 Å². The van der Waals surface area contributed by atoms with E-state index in [-0.39, 0.29) is 24.4 Å². The third-order valence-electron chi connectivity index (χ3n) is 5.01. The molecular formula is C22H26ClN3O2. The van der Waals surface area contributed by atoms with Crippen molar-refractivity contribution < 1.29 is 9.59 Å². The van der Waals surface area contributed by atoms with Crippen molar-refractivity contribution in [1.29, 1.82) is 0 Å². The van der Waals surface area contributed by atoms with Crippen LogP contribution in [0.25, 0.3) is 0 Å². The maximum absolute atomic E-state index is 12.6. The number of likely N-dealkylation sites (N-methyl/N-ethyl adjacent to an activating group) is 1. The largest absolute Gasteiger partial charge is 0.365 e. The fraction of sp³-hybridized carbons (Fsp3) is 0.364. The number of carbonyl (C=O) groups excluding carboxylic acids is 2. The fourth-order valence-electron chi connectivity index (χ4n) is 3.48. The number of hydrogen-bond acceptors (Lipinski definition) is 3. The highest BCUT2D eigenvalue weighted by atomic mass is 35.5. The summed E-state index contributed by atoms with van der Waals surface area (Å²) in [5, 5.41) is 6.30. The van der Waals surface area contributed by atoms with Gasteiger partial charge in [0.05, 0.1) is 17.1 Å². The zero-order chi connectivity index (χ0) is 19.9. The molecule has 2 aromatic carbocycles. The zero-order valence-corrected chi connectivity index (χ0v) is 16.8. The van der Waals surface area contributed by atoms with Crippen molar-refractivity contribution in [2.75, 3.05) is 23.8 Å². The number of amides is 2. The first kappa shape index (κ1) is 20.2. The molecule has 5 nitrogen and oxygen atoms in total. The lowest BCUT2D eigenvalue weighted by molar-refractivity contribution is -0.114. The first-order valence-corrected chi connectivity index (χ1v) is 10.1. The SMILES string of the molecule is CN(CC(=O)Nc1ccc(Cl)c(C(=O)NC2CCCCC2)c1)c1ccccc1. The molecule has 0 aromatic heterocycles. The Bertz CT molecular complexity index is 820. The van der Waals surface area contributed by atoms with Gasteiger partial charge < -0.3 is 15.5 Å². The molecule has 1 aliphatic carbocycles. The van der Waals surface area contributed by atoms with Crippen LogP contribution in [0.2, 0.25) is 5.02 Å². The summed E-state index contributed by atoms with van der Waals surface area (Å²) in [5.41, 5.74) is 1.91. The molecule has 0 unspecified atom stereocenters. The molecule has 0 heterocycles. The van der Waals surface area contributed by atoms with Crippen LogP contribution >= 0.6 is 11.6 Å². The highest BCUT2D eigenvalue weighted by Gasteiger charge is 2.19. The van der Waals surface area contributed by atoms with Gasteiger partial charge in [-0.25, -0.2) is 0 Å². The van der Waals surface area contributed by atoms with Crippen LogP contribution in [0.15, 0.2) is 48.5 Å². The Morgan fingerprint density at radius 2 is 1.79 bits per heavy atom. The van der Waals surface area contributed by atoms with E-state index in [2.05, 4.69) is 10.6 Å². The molecule has 1 saturated carbocycles. The molecule has 2 N–H and O–H groups in total. The van der Waals surface area contributed by atoms with E-state index in [4.69, 9.17) is 11.6 Å². The molecule has 28 heavy (non-hydrogen) atoms. The summed E-state index contributed by atoms with van der Waals surface area (Å²) in [6, 6.07) is 14.9. The number of nitrogens with one attached hydrogen (secondary N) is 2. The quantitative estimate of drug-likeness (QED) is 0.752. The van der Waals surface area contributed by atoms with Crippen molar-refractivity contribution in [2.24, 2.45) is 0 Å². The second-order valence-corrected chi connectivity index (χ2v) is 7.65. The highest BCUT2D eigenvalue weighted by Crippen LogP contribution is 2.23. The molecule has 0 saturated heterocycles. The van der Waals surface area contributed by atoms with Gasteiger partial charge in [-0.2, -0.15) is 0 Å². The maximum atomic E-state index is 12.6. The second-order valence-electron chi connectivity index (χ2n) is 7.24. The van der Waals surface area contributed by atoms with Crippen LogP contribution in [0.1, 0.15) is 42.5 Å². The van der Waals surface area contributed by atoms with Gasteiger partial charge in [0.25, 0.3) is 5.91 Å². The minimum absolute atomic E-state index is 0.160. The lowest BCUT2D eigenvalue weighted by Gasteiger charge is -2.23. The molecule has 3 rings (SSSR count). The molecule has 148 valence electrons. The average Bonchev–Trinajstić information content (AvgIpc) is 2.70. The molecule has 0 spiro atoms. The van der Waals surface area contributed by atoms with Crippen LogP contribution in [0.3, 0.4) is 0 Å². The van der Waals surface area contributed by atoms with E-state index in [1.165, 1.54) is 6.42 Å². The Kier molecular flexibility index (Phi) is 6.93. The van der Waals surface area contributed by atoms with Gasteiger partial charge in [-0.3, -0.25) is 9.59 Å². The smallest absolute Gasteiger partial charge is 0.253 e. The molecule has 0 radical (unpaired) electrons. The molecule has 0 aliphatic heterocycles. The lowest BCUT2D eigenvalue weighted by Crippen LogP contribution is -2.36. The normalized spacial score (nSPS) is 14.4. The van der Waals surface area contributed by atoms with Gasteiger partial charge in [0, 0.05) is 24.5 Å². The van der Waals surface area contributed by atoms with Gasteiger partial charge in [-0.15, -0.1) is 0 Å². The van der Waals surface area contributed by atoms with Crippen molar-refractivity contribution in [1.82, 2.24) is 5.32 Å². The maximum Gasteiger partial charge on any atom is 0.253 e. The predicted octanol–water partition coefficient (Wildman–Crippen LogP) is 4.48. The van der Waals surface area contributed by atoms with Crippen molar-refractivity contribution in [3.63, 3.8) is 0 Å². The van der Waals surface area contributed by atoms with Crippen molar-refractivity contribution in [3.8, 4) is 0 Å². The standard InChI is InChI=1S/C22H26ClN3O2/c1-26(18-10-6-3-7-11-18)15-21(27)24-17-12-13-20(23)19(14-17)22(28)25-16-8-4-2-5-9-16/h3,6-7,10-14,16H,2,4-5,8-9,15H2,1H3,(H,24,27)(H,25,28). The highest BCUT2D eigenvalue weighted by molar-refractivity contribution is 6.34. The van der Waals surface area contributed by atoms with E-state index < -0.39 is 0 Å². The number of benzene rings is 2. The van der Waals surface area contributed by atoms with Crippen LogP contribution in [-0.4, -0.2) is 31.4 Å². The van der Waals surface area contributed by atoms with Gasteiger partial charge in [0.15, 0.2) is 0 Å². The summed E-state index contributed by atoms with van der Waals surface area (Å²) >= 11 is 6.23. The second kappa shape index (κ2) is 9.60. The number of rotatable bonds is 6. The number of halogens is 1. The van der Waals surface area contributed by atoms with Crippen molar-refractivity contribution in [2.45, 2.75) is 38.1 Å². The van der Waals surface area contributed by atoms with Crippen molar-refractivity contribution in [3.05, 3.63) is 59.1 Å². The topological polar surface area (TPSA) is 61.4 Å². The lowest BCUT2D eigenvalue weighted by atomic mass is 9.95. The van der Waals surface area contributed by atoms with Crippen LogP contribution < -0.4 is 15.5 Å². The molecule has 0 bridgehead atoms. The summed E-state index contributed by atoms with van der Waals surface area (Å²) in [7, 11) is 1.86. The number of anilines is 2. The van der Waals surface area contributed by atoms with Crippen molar-refractivity contribution >= 4 is 34.8 Å². The number of para-hydroxylation sites is 1. The first-order chi connectivity index (χ1) is 13.5. The van der Waals surface area contributed by atoms with E-state index in [1.54, 1.807) is 18.2 Å². The van der Waals surface area contributed by atoms with E-state index in [0.717, 1.165) is 31.4 Å². The molecule has 2 amide bonds. The summed E-state index contributed by atoms with van der Waals surface area (Å²) in [6.45, 7) is 0.205. The summed E-state index contributed by atoms with van der Waals surface area (Å²) in [5.74, 6) is -0.346. The third kappa shape index (κ3) is 5.49. The van der Waals surface area contributed by atoms with Gasteiger partial charge in [-0.05, 0) is 43.2 Å². The average molecular weight is 400 g/mol. The molecule has 1 fully saturated rings. The van der Waals surface area contributed by atoms with Crippen LogP contribution in [0, 0.1) is 0 Å². The van der Waals surface area contributed by atoms with Gasteiger partial charge in [-0.1, -0.05) is 49.1 Å². The van der Waals surface area contributed by atoms with E-state index in [1.807, 2.05) is 42.3 Å².